The third-order valence-corrected chi connectivity index (χ3v) is 9.78. The molecular formula is C40H57NO6. The van der Waals surface area contributed by atoms with Gasteiger partial charge in [-0.25, -0.2) is 9.59 Å². The average Bonchev–Trinajstić information content (AvgIpc) is 3.11. The van der Waals surface area contributed by atoms with Crippen LogP contribution in [-0.2, 0) is 9.53 Å². The smallest absolute Gasteiger partial charge is 0.343 e. The Hall–Kier alpha value is -3.61. The Morgan fingerprint density at radius 1 is 0.830 bits per heavy atom. The number of nitrogens with two attached hydrogens (primary N) is 1. The summed E-state index contributed by atoms with van der Waals surface area (Å²) in [6.07, 6.45) is 17.7. The van der Waals surface area contributed by atoms with E-state index in [9.17, 15) is 14.4 Å². The van der Waals surface area contributed by atoms with E-state index in [-0.39, 0.29) is 11.3 Å². The van der Waals surface area contributed by atoms with E-state index in [4.69, 9.17) is 19.9 Å². The number of unbranched alkanes of at least 4 members (excludes halogenated alkanes) is 3. The minimum Gasteiger partial charge on any atom is -0.494 e. The van der Waals surface area contributed by atoms with Crippen LogP contribution >= 0.6 is 0 Å². The number of amides is 1. The number of carbonyl (C=O) groups excluding carboxylic acids is 3. The first-order valence-corrected chi connectivity index (χ1v) is 18.1. The van der Waals surface area contributed by atoms with E-state index in [1.165, 1.54) is 51.4 Å². The lowest BCUT2D eigenvalue weighted by Crippen LogP contribution is -2.25. The molecule has 0 radical (unpaired) electrons. The van der Waals surface area contributed by atoms with Crippen LogP contribution in [0.15, 0.2) is 55.1 Å². The molecule has 2 fully saturated rings. The molecule has 0 unspecified atom stereocenters. The Balaban J connectivity index is 0.00000294. The van der Waals surface area contributed by atoms with E-state index < -0.39 is 17.8 Å². The van der Waals surface area contributed by atoms with Crippen molar-refractivity contribution in [2.45, 2.75) is 117 Å². The maximum absolute atomic E-state index is 12.9. The van der Waals surface area contributed by atoms with E-state index in [0.29, 0.717) is 30.4 Å². The average molecular weight is 648 g/mol. The molecule has 47 heavy (non-hydrogen) atoms. The van der Waals surface area contributed by atoms with Gasteiger partial charge in [-0.05, 0) is 130 Å². The van der Waals surface area contributed by atoms with Gasteiger partial charge < -0.3 is 19.9 Å². The highest BCUT2D eigenvalue weighted by molar-refractivity contribution is 5.98. The molecular weight excluding hydrogens is 590 g/mol. The van der Waals surface area contributed by atoms with Gasteiger partial charge in [0.2, 0.25) is 0 Å². The summed E-state index contributed by atoms with van der Waals surface area (Å²) >= 11 is 0. The molecule has 2 aromatic rings. The van der Waals surface area contributed by atoms with Gasteiger partial charge in [-0.2, -0.15) is 0 Å². The van der Waals surface area contributed by atoms with Crippen molar-refractivity contribution < 1.29 is 28.6 Å². The van der Waals surface area contributed by atoms with Crippen LogP contribution in [0.25, 0.3) is 0 Å². The molecule has 2 aliphatic carbocycles. The number of benzene rings is 2. The molecule has 2 aliphatic rings. The standard InChI is InChI=1S/C38H51NO6.C2H6/c1-3-9-27-10-12-28(13-11-27)29-14-16-30(17-15-29)32-20-23-35(34(26-32)37(39)41)45-38(42)31-18-21-33(22-19-31)43-24-7-5-6-8-25-44-36(40)4-2;1-2/h4,18-23,26-30H,2-3,5-17,24-25H2,1H3,(H2,39,41);1-2H3. The molecule has 0 saturated heterocycles. The van der Waals surface area contributed by atoms with Crippen LogP contribution in [0, 0.1) is 17.8 Å². The Labute approximate surface area is 282 Å². The number of esters is 2. The third kappa shape index (κ3) is 12.2. The van der Waals surface area contributed by atoms with E-state index in [1.54, 1.807) is 30.3 Å². The van der Waals surface area contributed by atoms with Gasteiger partial charge >= 0.3 is 11.9 Å². The summed E-state index contributed by atoms with van der Waals surface area (Å²) in [5, 5.41) is 0. The van der Waals surface area contributed by atoms with Gasteiger partial charge in [0.15, 0.2) is 0 Å². The molecule has 2 N–H and O–H groups in total. The molecule has 7 nitrogen and oxygen atoms in total. The predicted octanol–water partition coefficient (Wildman–Crippen LogP) is 9.58. The van der Waals surface area contributed by atoms with E-state index in [2.05, 4.69) is 13.5 Å². The summed E-state index contributed by atoms with van der Waals surface area (Å²) in [6.45, 7) is 10.6. The van der Waals surface area contributed by atoms with Crippen molar-refractivity contribution in [3.63, 3.8) is 0 Å². The maximum Gasteiger partial charge on any atom is 0.343 e. The van der Waals surface area contributed by atoms with Crippen molar-refractivity contribution in [2.24, 2.45) is 23.5 Å². The summed E-state index contributed by atoms with van der Waals surface area (Å²) in [6, 6.07) is 12.3. The first-order valence-electron chi connectivity index (χ1n) is 18.1. The highest BCUT2D eigenvalue weighted by Gasteiger charge is 2.31. The molecule has 0 heterocycles. The number of ether oxygens (including phenoxy) is 3. The summed E-state index contributed by atoms with van der Waals surface area (Å²) in [5.74, 6) is 2.34. The fourth-order valence-electron chi connectivity index (χ4n) is 7.19. The number of hydrogen-bond acceptors (Lipinski definition) is 6. The number of carbonyl (C=O) groups is 3. The van der Waals surface area contributed by atoms with E-state index in [0.717, 1.165) is 67.9 Å². The Kier molecular flexibility index (Phi) is 16.6. The van der Waals surface area contributed by atoms with Crippen LogP contribution in [0.3, 0.4) is 0 Å². The topological polar surface area (TPSA) is 105 Å². The lowest BCUT2D eigenvalue weighted by Gasteiger charge is -2.38. The minimum atomic E-state index is -0.598. The first-order chi connectivity index (χ1) is 22.9. The molecule has 2 aromatic carbocycles. The van der Waals surface area contributed by atoms with Gasteiger partial charge in [-0.3, -0.25) is 4.79 Å². The van der Waals surface area contributed by atoms with Crippen molar-refractivity contribution in [1.29, 1.82) is 0 Å². The van der Waals surface area contributed by atoms with Gasteiger partial charge in [0.05, 0.1) is 24.3 Å². The SMILES string of the molecule is C=CC(=O)OCCCCCCOc1ccc(C(=O)Oc2ccc(C3CCC(C4CCC(CCC)CC4)CC3)cc2C(N)=O)cc1.CC. The largest absolute Gasteiger partial charge is 0.494 e. The molecule has 0 aliphatic heterocycles. The second-order valence-electron chi connectivity index (χ2n) is 12.8. The van der Waals surface area contributed by atoms with Crippen LogP contribution in [0.2, 0.25) is 0 Å². The number of hydrogen-bond donors (Lipinski definition) is 1. The Morgan fingerprint density at radius 3 is 2.04 bits per heavy atom. The zero-order valence-electron chi connectivity index (χ0n) is 29.0. The summed E-state index contributed by atoms with van der Waals surface area (Å²) < 4.78 is 16.4. The molecule has 0 atom stereocenters. The van der Waals surface area contributed by atoms with Crippen molar-refractivity contribution in [1.82, 2.24) is 0 Å². The van der Waals surface area contributed by atoms with Crippen LogP contribution in [0.5, 0.6) is 11.5 Å². The fraction of sp³-hybridized carbons (Fsp3) is 0.575. The molecule has 2 saturated carbocycles. The number of rotatable bonds is 16. The van der Waals surface area contributed by atoms with Crippen molar-refractivity contribution in [2.75, 3.05) is 13.2 Å². The second kappa shape index (κ2) is 20.6. The Bertz CT molecular complexity index is 1260. The van der Waals surface area contributed by atoms with E-state index >= 15 is 0 Å². The quantitative estimate of drug-likeness (QED) is 0.0842. The molecule has 258 valence electrons. The monoisotopic (exact) mass is 647 g/mol. The van der Waals surface area contributed by atoms with Gasteiger partial charge in [0.1, 0.15) is 11.5 Å². The van der Waals surface area contributed by atoms with E-state index in [1.807, 2.05) is 26.0 Å². The first kappa shape index (κ1) is 37.8. The van der Waals surface area contributed by atoms with Crippen LogP contribution in [0.1, 0.15) is 143 Å². The van der Waals surface area contributed by atoms with Gasteiger partial charge in [-0.1, -0.05) is 59.1 Å². The zero-order valence-corrected chi connectivity index (χ0v) is 29.0. The third-order valence-electron chi connectivity index (χ3n) is 9.78. The van der Waals surface area contributed by atoms with Gasteiger partial charge in [0, 0.05) is 6.08 Å². The summed E-state index contributed by atoms with van der Waals surface area (Å²) in [5.41, 5.74) is 7.45. The van der Waals surface area contributed by atoms with Gasteiger partial charge in [-0.15, -0.1) is 0 Å². The van der Waals surface area contributed by atoms with Crippen LogP contribution in [0.4, 0.5) is 0 Å². The summed E-state index contributed by atoms with van der Waals surface area (Å²) in [7, 11) is 0. The normalized spacial score (nSPS) is 20.7. The van der Waals surface area contributed by atoms with Crippen molar-refractivity contribution >= 4 is 17.8 Å². The highest BCUT2D eigenvalue weighted by Crippen LogP contribution is 2.45. The predicted molar refractivity (Wildman–Crippen MR) is 188 cm³/mol. The lowest BCUT2D eigenvalue weighted by atomic mass is 9.68. The molecule has 0 spiro atoms. The van der Waals surface area contributed by atoms with Crippen molar-refractivity contribution in [3.05, 3.63) is 71.8 Å². The highest BCUT2D eigenvalue weighted by atomic mass is 16.5. The molecule has 0 aromatic heterocycles. The van der Waals surface area contributed by atoms with Crippen molar-refractivity contribution in [3.8, 4) is 11.5 Å². The number of primary amides is 1. The Morgan fingerprint density at radius 2 is 1.45 bits per heavy atom. The lowest BCUT2D eigenvalue weighted by molar-refractivity contribution is -0.137. The zero-order chi connectivity index (χ0) is 34.0. The van der Waals surface area contributed by atoms with Crippen LogP contribution in [-0.4, -0.2) is 31.1 Å². The summed E-state index contributed by atoms with van der Waals surface area (Å²) in [4.78, 5) is 36.3. The molecule has 0 bridgehead atoms. The van der Waals surface area contributed by atoms with Crippen LogP contribution < -0.4 is 15.2 Å². The fourth-order valence-corrected chi connectivity index (χ4v) is 7.19. The minimum absolute atomic E-state index is 0.188. The maximum atomic E-state index is 12.9. The molecule has 4 rings (SSSR count). The van der Waals surface area contributed by atoms with Gasteiger partial charge in [0.25, 0.3) is 5.91 Å². The molecule has 1 amide bonds. The second-order valence-corrected chi connectivity index (χ2v) is 12.8. The molecule has 7 heteroatoms.